The maximum atomic E-state index is 12.7. The molecule has 1 aromatic carbocycles. The first-order valence-electron chi connectivity index (χ1n) is 11.4. The molecule has 186 valence electrons. The van der Waals surface area contributed by atoms with Crippen LogP contribution in [0.15, 0.2) is 42.6 Å². The molecule has 2 aromatic rings. The molecule has 4 rings (SSSR count). The first kappa shape index (κ1) is 24.7. The third kappa shape index (κ3) is 6.00. The number of likely N-dealkylation sites (tertiary alicyclic amines) is 1. The third-order valence-electron chi connectivity index (χ3n) is 6.05. The minimum Gasteiger partial charge on any atom is -0.486 e. The van der Waals surface area contributed by atoms with Gasteiger partial charge >= 0.3 is 6.18 Å². The highest BCUT2D eigenvalue weighted by Crippen LogP contribution is 2.29. The minimum absolute atomic E-state index is 0.00872. The zero-order valence-electron chi connectivity index (χ0n) is 19.0. The van der Waals surface area contributed by atoms with Gasteiger partial charge in [0.15, 0.2) is 0 Å². The van der Waals surface area contributed by atoms with Gasteiger partial charge in [-0.05, 0) is 36.2 Å². The number of halogens is 3. The van der Waals surface area contributed by atoms with Crippen LogP contribution in [-0.2, 0) is 22.7 Å². The van der Waals surface area contributed by atoms with E-state index in [1.807, 2.05) is 19.1 Å². The summed E-state index contributed by atoms with van der Waals surface area (Å²) in [4.78, 5) is 8.66. The van der Waals surface area contributed by atoms with Gasteiger partial charge in [-0.1, -0.05) is 19.1 Å². The molecule has 3 heterocycles. The number of aromatic nitrogens is 1. The molecule has 11 heteroatoms. The number of ether oxygens (including phenoxy) is 1. The first-order valence-corrected chi connectivity index (χ1v) is 13.0. The zero-order chi connectivity index (χ0) is 24.3. The van der Waals surface area contributed by atoms with E-state index in [0.29, 0.717) is 58.0 Å². The van der Waals surface area contributed by atoms with Crippen LogP contribution in [0.5, 0.6) is 5.75 Å². The molecule has 0 spiro atoms. The molecular formula is C23H29F3N4O3S. The normalized spacial score (nSPS) is 18.6. The molecule has 0 aliphatic carbocycles. The van der Waals surface area contributed by atoms with Crippen LogP contribution in [0.4, 0.5) is 19.0 Å². The van der Waals surface area contributed by atoms with Crippen molar-refractivity contribution in [3.63, 3.8) is 0 Å². The summed E-state index contributed by atoms with van der Waals surface area (Å²) in [6.07, 6.45) is -2.02. The van der Waals surface area contributed by atoms with Crippen LogP contribution < -0.4 is 9.64 Å². The third-order valence-corrected chi connectivity index (χ3v) is 8.13. The maximum absolute atomic E-state index is 12.7. The van der Waals surface area contributed by atoms with Gasteiger partial charge in [0, 0.05) is 45.8 Å². The summed E-state index contributed by atoms with van der Waals surface area (Å²) in [6, 6.07) is 8.99. The second-order valence-electron chi connectivity index (χ2n) is 8.68. The van der Waals surface area contributed by atoms with Crippen molar-refractivity contribution in [2.75, 3.05) is 49.9 Å². The lowest BCUT2D eigenvalue weighted by Gasteiger charge is -2.39. The molecule has 2 aliphatic rings. The Kier molecular flexibility index (Phi) is 7.34. The molecule has 0 atom stereocenters. The Labute approximate surface area is 198 Å². The van der Waals surface area contributed by atoms with E-state index in [4.69, 9.17) is 4.74 Å². The smallest absolute Gasteiger partial charge is 0.416 e. The zero-order valence-corrected chi connectivity index (χ0v) is 19.9. The second kappa shape index (κ2) is 10.1. The van der Waals surface area contributed by atoms with Gasteiger partial charge in [-0.3, -0.25) is 4.90 Å². The van der Waals surface area contributed by atoms with E-state index in [1.54, 1.807) is 10.5 Å². The largest absolute Gasteiger partial charge is 0.486 e. The number of piperazine rings is 1. The average Bonchev–Trinajstić information content (AvgIpc) is 2.78. The van der Waals surface area contributed by atoms with Crippen LogP contribution in [-0.4, -0.2) is 73.7 Å². The lowest BCUT2D eigenvalue weighted by Crippen LogP contribution is -2.53. The molecule has 0 bridgehead atoms. The van der Waals surface area contributed by atoms with Gasteiger partial charge in [0.05, 0.1) is 17.5 Å². The van der Waals surface area contributed by atoms with Crippen molar-refractivity contribution in [1.29, 1.82) is 0 Å². The SMILES string of the molecule is CCCS(=O)(=O)N1CCN(c2ccc(OC3CN(Cc4ccc(C(F)(F)F)cc4)C3)cn2)CC1. The molecule has 2 aliphatic heterocycles. The number of pyridine rings is 1. The van der Waals surface area contributed by atoms with Gasteiger partial charge in [0.2, 0.25) is 10.0 Å². The lowest BCUT2D eigenvalue weighted by molar-refractivity contribution is -0.137. The number of rotatable bonds is 8. The van der Waals surface area contributed by atoms with Gasteiger partial charge in [-0.2, -0.15) is 17.5 Å². The molecule has 0 amide bonds. The van der Waals surface area contributed by atoms with Gasteiger partial charge in [0.1, 0.15) is 17.7 Å². The van der Waals surface area contributed by atoms with Crippen molar-refractivity contribution in [3.8, 4) is 5.75 Å². The van der Waals surface area contributed by atoms with E-state index in [0.717, 1.165) is 23.5 Å². The van der Waals surface area contributed by atoms with E-state index in [1.165, 1.54) is 12.1 Å². The Hall–Kier alpha value is -2.37. The average molecular weight is 499 g/mol. The molecule has 0 N–H and O–H groups in total. The highest BCUT2D eigenvalue weighted by Gasteiger charge is 2.31. The molecule has 0 saturated carbocycles. The van der Waals surface area contributed by atoms with E-state index in [2.05, 4.69) is 14.8 Å². The van der Waals surface area contributed by atoms with Crippen molar-refractivity contribution >= 4 is 15.8 Å². The van der Waals surface area contributed by atoms with Crippen molar-refractivity contribution in [3.05, 3.63) is 53.7 Å². The number of alkyl halides is 3. The predicted octanol–water partition coefficient (Wildman–Crippen LogP) is 3.23. The molecule has 1 aromatic heterocycles. The summed E-state index contributed by atoms with van der Waals surface area (Å²) in [5.41, 5.74) is 0.195. The van der Waals surface area contributed by atoms with E-state index >= 15 is 0 Å². The highest BCUT2D eigenvalue weighted by molar-refractivity contribution is 7.89. The number of nitrogens with zero attached hydrogens (tertiary/aromatic N) is 4. The van der Waals surface area contributed by atoms with Crippen molar-refractivity contribution in [2.45, 2.75) is 32.2 Å². The maximum Gasteiger partial charge on any atom is 0.416 e. The predicted molar refractivity (Wildman–Crippen MR) is 123 cm³/mol. The monoisotopic (exact) mass is 498 g/mol. The highest BCUT2D eigenvalue weighted by atomic mass is 32.2. The quantitative estimate of drug-likeness (QED) is 0.557. The summed E-state index contributed by atoms with van der Waals surface area (Å²) in [7, 11) is -3.17. The molecular weight excluding hydrogens is 469 g/mol. The molecule has 7 nitrogen and oxygen atoms in total. The summed E-state index contributed by atoms with van der Waals surface area (Å²) in [6.45, 7) is 5.93. The summed E-state index contributed by atoms with van der Waals surface area (Å²) < 4.78 is 70.0. The van der Waals surface area contributed by atoms with E-state index in [-0.39, 0.29) is 11.9 Å². The fraction of sp³-hybridized carbons (Fsp3) is 0.522. The van der Waals surface area contributed by atoms with Crippen LogP contribution in [0.25, 0.3) is 0 Å². The fourth-order valence-corrected chi connectivity index (χ4v) is 5.68. The Balaban J connectivity index is 1.21. The molecule has 34 heavy (non-hydrogen) atoms. The van der Waals surface area contributed by atoms with Gasteiger partial charge < -0.3 is 9.64 Å². The van der Waals surface area contributed by atoms with Crippen LogP contribution >= 0.6 is 0 Å². The molecule has 2 saturated heterocycles. The molecule has 0 unspecified atom stereocenters. The topological polar surface area (TPSA) is 66.0 Å². The number of anilines is 1. The Morgan fingerprint density at radius 1 is 1.03 bits per heavy atom. The number of benzene rings is 1. The second-order valence-corrected chi connectivity index (χ2v) is 10.8. The van der Waals surface area contributed by atoms with Crippen LogP contribution in [0, 0.1) is 0 Å². The molecule has 0 radical (unpaired) electrons. The van der Waals surface area contributed by atoms with Crippen molar-refractivity contribution in [1.82, 2.24) is 14.2 Å². The Morgan fingerprint density at radius 2 is 1.71 bits per heavy atom. The van der Waals surface area contributed by atoms with Gasteiger partial charge in [-0.25, -0.2) is 13.4 Å². The first-order chi connectivity index (χ1) is 16.1. The Morgan fingerprint density at radius 3 is 2.26 bits per heavy atom. The molecule has 2 fully saturated rings. The number of hydrogen-bond donors (Lipinski definition) is 0. The van der Waals surface area contributed by atoms with Crippen LogP contribution in [0.1, 0.15) is 24.5 Å². The van der Waals surface area contributed by atoms with E-state index in [9.17, 15) is 21.6 Å². The van der Waals surface area contributed by atoms with Gasteiger partial charge in [-0.15, -0.1) is 0 Å². The summed E-state index contributed by atoms with van der Waals surface area (Å²) in [5, 5.41) is 0. The van der Waals surface area contributed by atoms with Crippen molar-refractivity contribution < 1.29 is 26.3 Å². The van der Waals surface area contributed by atoms with Crippen LogP contribution in [0.2, 0.25) is 0 Å². The van der Waals surface area contributed by atoms with Crippen LogP contribution in [0.3, 0.4) is 0 Å². The van der Waals surface area contributed by atoms with E-state index < -0.39 is 21.8 Å². The van der Waals surface area contributed by atoms with Gasteiger partial charge in [0.25, 0.3) is 0 Å². The van der Waals surface area contributed by atoms with Crippen molar-refractivity contribution in [2.24, 2.45) is 0 Å². The fourth-order valence-electron chi connectivity index (χ4n) is 4.19. The lowest BCUT2D eigenvalue weighted by atomic mass is 10.1. The number of hydrogen-bond acceptors (Lipinski definition) is 6. The summed E-state index contributed by atoms with van der Waals surface area (Å²) in [5.74, 6) is 1.63. The number of sulfonamides is 1. The summed E-state index contributed by atoms with van der Waals surface area (Å²) >= 11 is 0. The standard InChI is InChI=1S/C23H29F3N4O3S/c1-2-13-34(31,32)30-11-9-29(10-12-30)22-8-7-20(14-27-22)33-21-16-28(17-21)15-18-3-5-19(6-4-18)23(24,25)26/h3-8,14,21H,2,9-13,15-17H2,1H3. The minimum atomic E-state index is -4.32. The Bertz CT molecular complexity index is 1050.